The zero-order chi connectivity index (χ0) is 14.4. The van der Waals surface area contributed by atoms with Crippen molar-refractivity contribution in [2.75, 3.05) is 31.7 Å². The molecule has 19 heavy (non-hydrogen) atoms. The van der Waals surface area contributed by atoms with Gasteiger partial charge >= 0.3 is 0 Å². The summed E-state index contributed by atoms with van der Waals surface area (Å²) in [4.78, 5) is 23.8. The maximum atomic E-state index is 11.4. The number of Topliss-reactive ketones (excluding diaryl/α,β-unsaturated/α-hetero) is 1. The predicted molar refractivity (Wildman–Crippen MR) is 72.9 cm³/mol. The highest BCUT2D eigenvalue weighted by molar-refractivity contribution is 5.98. The highest BCUT2D eigenvalue weighted by atomic mass is 16.6. The molecule has 6 heteroatoms. The molecule has 1 aromatic rings. The summed E-state index contributed by atoms with van der Waals surface area (Å²) in [5.41, 5.74) is 0.702. The van der Waals surface area contributed by atoms with Crippen LogP contribution in [0.25, 0.3) is 0 Å². The fourth-order valence-corrected chi connectivity index (χ4v) is 1.84. The molecule has 0 aliphatic heterocycles. The third kappa shape index (κ3) is 3.75. The summed E-state index contributed by atoms with van der Waals surface area (Å²) < 4.78 is 5.01. The van der Waals surface area contributed by atoms with Crippen LogP contribution in [0.3, 0.4) is 0 Å². The van der Waals surface area contributed by atoms with Gasteiger partial charge in [-0.15, -0.1) is 0 Å². The van der Waals surface area contributed by atoms with Gasteiger partial charge in [-0.25, -0.2) is 0 Å². The molecule has 0 fully saturated rings. The molecule has 1 aromatic carbocycles. The fourth-order valence-electron chi connectivity index (χ4n) is 1.84. The number of likely N-dealkylation sites (N-methyl/N-ethyl adjacent to an activating group) is 1. The van der Waals surface area contributed by atoms with Crippen LogP contribution in [0.4, 0.5) is 11.4 Å². The Labute approximate surface area is 112 Å². The van der Waals surface area contributed by atoms with Gasteiger partial charge in [0.25, 0.3) is 5.69 Å². The maximum absolute atomic E-state index is 11.4. The van der Waals surface area contributed by atoms with Crippen molar-refractivity contribution in [3.63, 3.8) is 0 Å². The van der Waals surface area contributed by atoms with Crippen molar-refractivity contribution in [3.8, 4) is 0 Å². The number of rotatable bonds is 7. The van der Waals surface area contributed by atoms with E-state index in [1.807, 2.05) is 11.8 Å². The monoisotopic (exact) mass is 266 g/mol. The lowest BCUT2D eigenvalue weighted by Gasteiger charge is -2.22. The Morgan fingerprint density at radius 1 is 1.47 bits per heavy atom. The molecule has 0 radical (unpaired) electrons. The molecule has 1 rings (SSSR count). The molecule has 0 aliphatic rings. The minimum atomic E-state index is -0.523. The number of carbonyl (C=O) groups is 1. The van der Waals surface area contributed by atoms with Crippen LogP contribution in [0, 0.1) is 10.1 Å². The number of methoxy groups -OCH3 is 1. The Bertz CT molecular complexity index is 474. The summed E-state index contributed by atoms with van der Waals surface area (Å²) in [6.07, 6.45) is 0. The Balaban J connectivity index is 3.13. The molecule has 104 valence electrons. The number of ether oxygens (including phenoxy) is 1. The van der Waals surface area contributed by atoms with E-state index in [1.165, 1.54) is 19.1 Å². The molecule has 0 saturated carbocycles. The van der Waals surface area contributed by atoms with Gasteiger partial charge in [0.15, 0.2) is 5.78 Å². The summed E-state index contributed by atoms with van der Waals surface area (Å²) in [6.45, 7) is 5.17. The number of hydrogen-bond acceptors (Lipinski definition) is 5. The number of nitrogens with zero attached hydrogens (tertiary/aromatic N) is 2. The molecule has 0 saturated heterocycles. The Kier molecular flexibility index (Phi) is 5.44. The minimum absolute atomic E-state index is 0.136. The van der Waals surface area contributed by atoms with E-state index in [0.29, 0.717) is 19.7 Å². The third-order valence-corrected chi connectivity index (χ3v) is 2.87. The summed E-state index contributed by atoms with van der Waals surface area (Å²) in [5, 5.41) is 11.0. The average Bonchev–Trinajstić information content (AvgIpc) is 2.39. The van der Waals surface area contributed by atoms with Crippen LogP contribution < -0.4 is 4.90 Å². The molecule has 0 spiro atoms. The molecule has 0 heterocycles. The minimum Gasteiger partial charge on any atom is -0.383 e. The van der Waals surface area contributed by atoms with Gasteiger partial charge in [0.2, 0.25) is 0 Å². The Morgan fingerprint density at radius 2 is 2.16 bits per heavy atom. The van der Waals surface area contributed by atoms with Crippen LogP contribution >= 0.6 is 0 Å². The zero-order valence-electron chi connectivity index (χ0n) is 11.4. The van der Waals surface area contributed by atoms with Crippen molar-refractivity contribution < 1.29 is 14.5 Å². The molecule has 0 amide bonds. The zero-order valence-corrected chi connectivity index (χ0v) is 11.4. The normalized spacial score (nSPS) is 10.3. The molecule has 0 aliphatic carbocycles. The van der Waals surface area contributed by atoms with Gasteiger partial charge in [-0.3, -0.25) is 14.9 Å². The van der Waals surface area contributed by atoms with Crippen LogP contribution in [-0.4, -0.2) is 37.5 Å². The molecule has 0 N–H and O–H groups in total. The van der Waals surface area contributed by atoms with E-state index in [0.717, 1.165) is 5.69 Å². The second kappa shape index (κ2) is 6.84. The Morgan fingerprint density at radius 3 is 2.63 bits per heavy atom. The number of ketones is 1. The highest BCUT2D eigenvalue weighted by Crippen LogP contribution is 2.26. The van der Waals surface area contributed by atoms with E-state index in [9.17, 15) is 14.9 Å². The van der Waals surface area contributed by atoms with Crippen molar-refractivity contribution in [2.45, 2.75) is 13.8 Å². The molecule has 6 nitrogen and oxygen atoms in total. The van der Waals surface area contributed by atoms with E-state index in [-0.39, 0.29) is 17.0 Å². The van der Waals surface area contributed by atoms with Gasteiger partial charge in [-0.1, -0.05) is 0 Å². The van der Waals surface area contributed by atoms with Crippen molar-refractivity contribution in [2.24, 2.45) is 0 Å². The van der Waals surface area contributed by atoms with Crippen LogP contribution in [-0.2, 0) is 4.74 Å². The van der Waals surface area contributed by atoms with Crippen molar-refractivity contribution >= 4 is 17.2 Å². The standard InChI is InChI=1S/C13H18N2O4/c1-4-14(7-8-19-3)11-5-6-12(10(2)16)13(9-11)15(17)18/h5-6,9H,4,7-8H2,1-3H3. The lowest BCUT2D eigenvalue weighted by molar-refractivity contribution is -0.385. The fraction of sp³-hybridized carbons (Fsp3) is 0.462. The predicted octanol–water partition coefficient (Wildman–Crippen LogP) is 2.27. The first-order valence-electron chi connectivity index (χ1n) is 6.04. The molecular formula is C13H18N2O4. The maximum Gasteiger partial charge on any atom is 0.282 e. The highest BCUT2D eigenvalue weighted by Gasteiger charge is 2.19. The number of hydrogen-bond donors (Lipinski definition) is 0. The van der Waals surface area contributed by atoms with Gasteiger partial charge in [-0.2, -0.15) is 0 Å². The molecular weight excluding hydrogens is 248 g/mol. The number of nitro benzene ring substituents is 1. The first-order valence-corrected chi connectivity index (χ1v) is 6.04. The quantitative estimate of drug-likeness (QED) is 0.430. The number of anilines is 1. The Hall–Kier alpha value is -1.95. The first-order chi connectivity index (χ1) is 9.01. The summed E-state index contributed by atoms with van der Waals surface area (Å²) >= 11 is 0. The average molecular weight is 266 g/mol. The van der Waals surface area contributed by atoms with E-state index in [4.69, 9.17) is 4.74 Å². The van der Waals surface area contributed by atoms with E-state index < -0.39 is 4.92 Å². The smallest absolute Gasteiger partial charge is 0.282 e. The van der Waals surface area contributed by atoms with E-state index in [2.05, 4.69) is 0 Å². The van der Waals surface area contributed by atoms with Crippen molar-refractivity contribution in [3.05, 3.63) is 33.9 Å². The number of benzene rings is 1. The summed E-state index contributed by atoms with van der Waals surface area (Å²) in [7, 11) is 1.61. The van der Waals surface area contributed by atoms with Crippen LogP contribution in [0.1, 0.15) is 24.2 Å². The van der Waals surface area contributed by atoms with Gasteiger partial charge in [0, 0.05) is 32.0 Å². The lowest BCUT2D eigenvalue weighted by Crippen LogP contribution is -2.26. The molecule has 0 bridgehead atoms. The van der Waals surface area contributed by atoms with Gasteiger partial charge < -0.3 is 9.64 Å². The number of nitro groups is 1. The first kappa shape index (κ1) is 15.1. The van der Waals surface area contributed by atoms with Crippen molar-refractivity contribution in [1.29, 1.82) is 0 Å². The molecule has 0 aromatic heterocycles. The van der Waals surface area contributed by atoms with Crippen LogP contribution in [0.15, 0.2) is 18.2 Å². The van der Waals surface area contributed by atoms with Crippen LogP contribution in [0.2, 0.25) is 0 Å². The largest absolute Gasteiger partial charge is 0.383 e. The lowest BCUT2D eigenvalue weighted by atomic mass is 10.1. The van der Waals surface area contributed by atoms with E-state index in [1.54, 1.807) is 13.2 Å². The van der Waals surface area contributed by atoms with Gasteiger partial charge in [0.05, 0.1) is 17.1 Å². The second-order valence-corrected chi connectivity index (χ2v) is 4.09. The summed E-state index contributed by atoms with van der Waals surface area (Å²) in [6, 6.07) is 4.67. The topological polar surface area (TPSA) is 72.7 Å². The van der Waals surface area contributed by atoms with Gasteiger partial charge in [-0.05, 0) is 26.0 Å². The molecule has 0 unspecified atom stereocenters. The molecule has 0 atom stereocenters. The summed E-state index contributed by atoms with van der Waals surface area (Å²) in [5.74, 6) is -0.307. The third-order valence-electron chi connectivity index (χ3n) is 2.87. The number of carbonyl (C=O) groups excluding carboxylic acids is 1. The SMILES string of the molecule is CCN(CCOC)c1ccc(C(C)=O)c([N+](=O)[O-])c1. The second-order valence-electron chi connectivity index (χ2n) is 4.09. The van der Waals surface area contributed by atoms with Gasteiger partial charge in [0.1, 0.15) is 0 Å². The van der Waals surface area contributed by atoms with Crippen LogP contribution in [0.5, 0.6) is 0 Å². The van der Waals surface area contributed by atoms with Crippen molar-refractivity contribution in [1.82, 2.24) is 0 Å². The van der Waals surface area contributed by atoms with E-state index >= 15 is 0 Å².